The van der Waals surface area contributed by atoms with Crippen molar-refractivity contribution in [2.24, 2.45) is 0 Å². The van der Waals surface area contributed by atoms with Crippen LogP contribution in [0, 0.1) is 0 Å². The molecule has 37 heavy (non-hydrogen) atoms. The maximum atomic E-state index is 13.8. The summed E-state index contributed by atoms with van der Waals surface area (Å²) in [5, 5.41) is -7.73. The van der Waals surface area contributed by atoms with Gasteiger partial charge >= 0.3 is 63.0 Å². The Morgan fingerprint density at radius 2 is 1.00 bits per heavy atom. The number of hydrogen-bond acceptors (Lipinski definition) is 4. The topological polar surface area (TPSA) is 72.5 Å². The molecule has 1 N–H and O–H groups in total. The zero-order valence-corrected chi connectivity index (χ0v) is 18.1. The molecule has 0 saturated heterocycles. The molecule has 0 bridgehead atoms. The van der Waals surface area contributed by atoms with Crippen LogP contribution in [0.25, 0.3) is 0 Å². The van der Waals surface area contributed by atoms with E-state index in [2.05, 4.69) is 4.74 Å². The second-order valence-electron chi connectivity index (χ2n) is 6.63. The number of alkyl halides is 17. The van der Waals surface area contributed by atoms with Gasteiger partial charge in [0.1, 0.15) is 0 Å². The van der Waals surface area contributed by atoms with Crippen LogP contribution in [0.5, 0.6) is 0 Å². The van der Waals surface area contributed by atoms with Crippen molar-refractivity contribution in [1.82, 2.24) is 4.72 Å². The standard InChI is InChI=1S/C14H10F17NO4S/c1-3-36-6(33)5(2)4-32-37(34,35)14(30,31)12(25,26)10(21,22)8(17,18)7(15,16)9(19,20)11(23,24)13(27,28)29/h4,32H,3H2,1-2H3. The fourth-order valence-corrected chi connectivity index (χ4v) is 2.81. The first kappa shape index (κ1) is 34.8. The Bertz CT molecular complexity index is 1000. The number of sulfonamides is 1. The van der Waals surface area contributed by atoms with Crippen molar-refractivity contribution in [3.63, 3.8) is 0 Å². The van der Waals surface area contributed by atoms with Gasteiger partial charge in [0.25, 0.3) is 0 Å². The van der Waals surface area contributed by atoms with Crippen molar-refractivity contribution in [1.29, 1.82) is 0 Å². The van der Waals surface area contributed by atoms with Gasteiger partial charge in [-0.25, -0.2) is 4.79 Å². The molecule has 0 fully saturated rings. The van der Waals surface area contributed by atoms with Crippen molar-refractivity contribution < 1.29 is 92.6 Å². The number of hydrogen-bond donors (Lipinski definition) is 1. The predicted molar refractivity (Wildman–Crippen MR) is 83.1 cm³/mol. The monoisotopic (exact) mass is 611 g/mol. The molecular weight excluding hydrogens is 601 g/mol. The summed E-state index contributed by atoms with van der Waals surface area (Å²) in [5.41, 5.74) is -1.11. The fraction of sp³-hybridized carbons (Fsp3) is 0.786. The van der Waals surface area contributed by atoms with Gasteiger partial charge in [0.05, 0.1) is 12.2 Å². The van der Waals surface area contributed by atoms with Crippen molar-refractivity contribution >= 4 is 16.0 Å². The SMILES string of the molecule is CCOC(=O)C(C)=CNS(=O)(=O)C(F)(F)C(F)(F)C(F)(F)C(F)(F)C(F)(F)C(F)(F)C(F)(F)C(F)(F)F. The lowest BCUT2D eigenvalue weighted by Gasteiger charge is -2.42. The molecule has 0 aromatic heterocycles. The number of nitrogens with one attached hydrogen (secondary N) is 1. The summed E-state index contributed by atoms with van der Waals surface area (Å²) in [6.45, 7) is 1.15. The second kappa shape index (κ2) is 9.50. The van der Waals surface area contributed by atoms with Gasteiger partial charge < -0.3 is 4.74 Å². The van der Waals surface area contributed by atoms with Gasteiger partial charge in [-0.15, -0.1) is 0 Å². The van der Waals surface area contributed by atoms with E-state index in [1.807, 2.05) is 0 Å². The van der Waals surface area contributed by atoms with Crippen LogP contribution in [0.4, 0.5) is 74.6 Å². The van der Waals surface area contributed by atoms with Crippen LogP contribution >= 0.6 is 0 Å². The Labute approximate surface area is 193 Å². The molecule has 0 rings (SSSR count). The molecule has 0 unspecified atom stereocenters. The summed E-state index contributed by atoms with van der Waals surface area (Å²) in [5.74, 6) is -53.7. The lowest BCUT2D eigenvalue weighted by molar-refractivity contribution is -0.458. The molecule has 0 heterocycles. The highest BCUT2D eigenvalue weighted by molar-refractivity contribution is 7.90. The van der Waals surface area contributed by atoms with E-state index < -0.39 is 81.3 Å². The number of esters is 1. The van der Waals surface area contributed by atoms with E-state index in [9.17, 15) is 87.8 Å². The smallest absolute Gasteiger partial charge is 0.460 e. The average Bonchev–Trinajstić information content (AvgIpc) is 2.70. The van der Waals surface area contributed by atoms with Gasteiger partial charge in [-0.2, -0.15) is 83.1 Å². The highest BCUT2D eigenvalue weighted by Gasteiger charge is 2.96. The van der Waals surface area contributed by atoms with E-state index in [-0.39, 0.29) is 4.72 Å². The van der Waals surface area contributed by atoms with Crippen LogP contribution in [-0.4, -0.2) is 68.0 Å². The van der Waals surface area contributed by atoms with Gasteiger partial charge in [-0.1, -0.05) is 0 Å². The van der Waals surface area contributed by atoms with E-state index >= 15 is 0 Å². The Morgan fingerprint density at radius 1 is 0.676 bits per heavy atom. The molecule has 0 aromatic rings. The molecule has 23 heteroatoms. The Kier molecular flexibility index (Phi) is 8.93. The lowest BCUT2D eigenvalue weighted by atomic mass is 9.91. The van der Waals surface area contributed by atoms with Crippen molar-refractivity contribution in [3.8, 4) is 0 Å². The zero-order chi connectivity index (χ0) is 30.5. The number of halogens is 17. The summed E-state index contributed by atoms with van der Waals surface area (Å²) < 4.78 is 251. The molecule has 0 aromatic carbocycles. The largest absolute Gasteiger partial charge is 0.463 e. The lowest BCUT2D eigenvalue weighted by Crippen LogP contribution is -2.75. The average molecular weight is 611 g/mol. The first-order chi connectivity index (χ1) is 15.9. The summed E-state index contributed by atoms with van der Waals surface area (Å²) >= 11 is 0. The minimum absolute atomic E-state index is 0.178. The zero-order valence-electron chi connectivity index (χ0n) is 17.3. The van der Waals surface area contributed by atoms with Crippen molar-refractivity contribution in [2.45, 2.75) is 60.8 Å². The van der Waals surface area contributed by atoms with Gasteiger partial charge in [0.15, 0.2) is 0 Å². The molecule has 0 aliphatic heterocycles. The number of rotatable bonds is 11. The number of carbonyl (C=O) groups excluding carboxylic acids is 1. The minimum atomic E-state index is -8.92. The molecule has 5 nitrogen and oxygen atoms in total. The van der Waals surface area contributed by atoms with E-state index in [0.29, 0.717) is 6.92 Å². The predicted octanol–water partition coefficient (Wildman–Crippen LogP) is 5.34. The van der Waals surface area contributed by atoms with Gasteiger partial charge in [-0.3, -0.25) is 4.72 Å². The molecule has 0 radical (unpaired) electrons. The highest BCUT2D eigenvalue weighted by atomic mass is 32.2. The van der Waals surface area contributed by atoms with Crippen LogP contribution < -0.4 is 4.72 Å². The van der Waals surface area contributed by atoms with Crippen LogP contribution in [0.3, 0.4) is 0 Å². The Morgan fingerprint density at radius 3 is 1.32 bits per heavy atom. The van der Waals surface area contributed by atoms with Crippen molar-refractivity contribution in [2.75, 3.05) is 6.61 Å². The van der Waals surface area contributed by atoms with Crippen LogP contribution in [-0.2, 0) is 19.6 Å². The molecule has 0 spiro atoms. The quantitative estimate of drug-likeness (QED) is 0.195. The van der Waals surface area contributed by atoms with E-state index in [1.165, 1.54) is 0 Å². The van der Waals surface area contributed by atoms with Gasteiger partial charge in [0.2, 0.25) is 0 Å². The maximum Gasteiger partial charge on any atom is 0.460 e. The molecule has 0 atom stereocenters. The number of ether oxygens (including phenoxy) is 1. The van der Waals surface area contributed by atoms with Gasteiger partial charge in [-0.05, 0) is 13.8 Å². The summed E-state index contributed by atoms with van der Waals surface area (Å²) in [4.78, 5) is 11.2. The van der Waals surface area contributed by atoms with Crippen LogP contribution in [0.15, 0.2) is 11.8 Å². The minimum Gasteiger partial charge on any atom is -0.463 e. The number of carbonyl (C=O) groups is 1. The van der Waals surface area contributed by atoms with Crippen LogP contribution in [0.2, 0.25) is 0 Å². The van der Waals surface area contributed by atoms with Gasteiger partial charge in [0, 0.05) is 6.20 Å². The molecular formula is C14H10F17NO4S. The van der Waals surface area contributed by atoms with Crippen molar-refractivity contribution in [3.05, 3.63) is 11.8 Å². The third kappa shape index (κ3) is 4.98. The highest BCUT2D eigenvalue weighted by Crippen LogP contribution is 2.64. The molecule has 0 aliphatic carbocycles. The normalized spacial score (nSPS) is 16.0. The summed E-state index contributed by atoms with van der Waals surface area (Å²) in [6.07, 6.45) is -8.39. The Hall–Kier alpha value is -2.23. The summed E-state index contributed by atoms with van der Waals surface area (Å²) in [6, 6.07) is 0. The molecule has 0 aliphatic rings. The Balaban J connectivity index is 6.81. The molecule has 0 saturated carbocycles. The van der Waals surface area contributed by atoms with Crippen LogP contribution in [0.1, 0.15) is 13.8 Å². The first-order valence-corrected chi connectivity index (χ1v) is 9.92. The maximum absolute atomic E-state index is 13.8. The summed E-state index contributed by atoms with van der Waals surface area (Å²) in [7, 11) is -7.53. The van der Waals surface area contributed by atoms with E-state index in [0.717, 1.165) is 6.92 Å². The molecule has 220 valence electrons. The molecule has 0 amide bonds. The van der Waals surface area contributed by atoms with E-state index in [4.69, 9.17) is 0 Å². The second-order valence-corrected chi connectivity index (χ2v) is 8.39. The third-order valence-corrected chi connectivity index (χ3v) is 5.42. The first-order valence-electron chi connectivity index (χ1n) is 8.44. The fourth-order valence-electron chi connectivity index (χ4n) is 1.86. The van der Waals surface area contributed by atoms with E-state index in [1.54, 1.807) is 0 Å². The third-order valence-electron chi connectivity index (χ3n) is 4.06.